The minimum absolute atomic E-state index is 0.569. The fraction of sp³-hybridized carbons (Fsp3) is 0.235. The Kier molecular flexibility index (Phi) is 3.62. The number of H-pyrrole nitrogens is 1. The predicted molar refractivity (Wildman–Crippen MR) is 87.4 cm³/mol. The van der Waals surface area contributed by atoms with Crippen LogP contribution in [0.3, 0.4) is 0 Å². The lowest BCUT2D eigenvalue weighted by molar-refractivity contribution is -0.139. The lowest BCUT2D eigenvalue weighted by atomic mass is 10.1. The summed E-state index contributed by atoms with van der Waals surface area (Å²) in [4.78, 5) is 19.1. The van der Waals surface area contributed by atoms with Crippen molar-refractivity contribution in [3.63, 3.8) is 0 Å². The van der Waals surface area contributed by atoms with Crippen molar-refractivity contribution in [1.29, 1.82) is 0 Å². The van der Waals surface area contributed by atoms with E-state index in [1.807, 2.05) is 29.1 Å². The Morgan fingerprint density at radius 3 is 2.96 bits per heavy atom. The Morgan fingerprint density at radius 1 is 1.33 bits per heavy atom. The number of fused-ring (bicyclic) bond motifs is 1. The number of hydrogen-bond acceptors (Lipinski definition) is 4. The fourth-order valence-corrected chi connectivity index (χ4v) is 2.97. The van der Waals surface area contributed by atoms with E-state index >= 15 is 0 Å². The number of nitrogens with one attached hydrogen (secondary N) is 2. The van der Waals surface area contributed by atoms with E-state index in [-0.39, 0.29) is 0 Å². The summed E-state index contributed by atoms with van der Waals surface area (Å²) < 4.78 is 1.85. The van der Waals surface area contributed by atoms with E-state index in [1.165, 1.54) is 5.56 Å². The van der Waals surface area contributed by atoms with Crippen LogP contribution in [0.4, 0.5) is 0 Å². The van der Waals surface area contributed by atoms with Crippen LogP contribution >= 0.6 is 0 Å². The lowest BCUT2D eigenvalue weighted by Crippen LogP contribution is -2.35. The molecule has 24 heavy (non-hydrogen) atoms. The zero-order valence-corrected chi connectivity index (χ0v) is 12.9. The van der Waals surface area contributed by atoms with Crippen molar-refractivity contribution in [2.75, 3.05) is 6.54 Å². The molecule has 122 valence electrons. The van der Waals surface area contributed by atoms with Crippen molar-refractivity contribution in [2.24, 2.45) is 0 Å². The number of carboxylic acid groups (broad SMARTS) is 1. The van der Waals surface area contributed by atoms with Gasteiger partial charge in [-0.1, -0.05) is 30.3 Å². The first-order chi connectivity index (χ1) is 11.7. The smallest absolute Gasteiger partial charge is 0.327 e. The molecule has 4 rings (SSSR count). The molecule has 0 saturated heterocycles. The normalized spacial score (nSPS) is 16.8. The molecule has 1 aliphatic rings. The van der Waals surface area contributed by atoms with Gasteiger partial charge >= 0.3 is 5.97 Å². The molecule has 0 unspecified atom stereocenters. The Balaban J connectivity index is 1.60. The number of carbonyl (C=O) groups is 1. The third-order valence-electron chi connectivity index (χ3n) is 4.15. The molecule has 1 aliphatic heterocycles. The molecule has 0 aliphatic carbocycles. The van der Waals surface area contributed by atoms with Gasteiger partial charge in [-0.15, -0.1) is 0 Å². The number of hydrogen-bond donors (Lipinski definition) is 3. The molecule has 3 N–H and O–H groups in total. The summed E-state index contributed by atoms with van der Waals surface area (Å²) in [6.07, 6.45) is 4.40. The molecular formula is C17H17N5O2. The minimum atomic E-state index is -0.909. The van der Waals surface area contributed by atoms with Crippen molar-refractivity contribution in [2.45, 2.75) is 19.0 Å². The largest absolute Gasteiger partial charge is 0.480 e. The highest BCUT2D eigenvalue weighted by molar-refractivity contribution is 5.76. The number of nitrogens with zero attached hydrogens (tertiary/aromatic N) is 3. The number of carboxylic acids is 1. The van der Waals surface area contributed by atoms with E-state index in [0.29, 0.717) is 24.6 Å². The summed E-state index contributed by atoms with van der Waals surface area (Å²) in [7, 11) is 0. The number of rotatable bonds is 4. The van der Waals surface area contributed by atoms with E-state index in [9.17, 15) is 9.90 Å². The zero-order valence-electron chi connectivity index (χ0n) is 12.9. The van der Waals surface area contributed by atoms with Crippen LogP contribution in [0.2, 0.25) is 0 Å². The summed E-state index contributed by atoms with van der Waals surface area (Å²) in [6, 6.07) is 9.33. The number of aromatic nitrogens is 4. The van der Waals surface area contributed by atoms with Crippen LogP contribution < -0.4 is 5.32 Å². The van der Waals surface area contributed by atoms with Crippen LogP contribution in [0.1, 0.15) is 23.0 Å². The molecule has 1 atom stereocenters. The molecule has 0 bridgehead atoms. The molecule has 2 aromatic heterocycles. The van der Waals surface area contributed by atoms with E-state index in [2.05, 4.69) is 32.5 Å². The second-order valence-corrected chi connectivity index (χ2v) is 5.84. The third kappa shape index (κ3) is 2.69. The van der Waals surface area contributed by atoms with Crippen molar-refractivity contribution < 1.29 is 9.90 Å². The number of aromatic amines is 1. The molecule has 0 spiro atoms. The van der Waals surface area contributed by atoms with Crippen LogP contribution in [0.5, 0.6) is 0 Å². The number of aliphatic carboxylic acids is 1. The van der Waals surface area contributed by atoms with Gasteiger partial charge < -0.3 is 10.1 Å². The molecule has 7 nitrogen and oxygen atoms in total. The van der Waals surface area contributed by atoms with E-state index < -0.39 is 12.0 Å². The summed E-state index contributed by atoms with van der Waals surface area (Å²) in [5.41, 5.74) is 3.47. The zero-order chi connectivity index (χ0) is 16.5. The van der Waals surface area contributed by atoms with Crippen molar-refractivity contribution in [3.8, 4) is 11.4 Å². The number of imidazole rings is 1. The van der Waals surface area contributed by atoms with Gasteiger partial charge in [0.15, 0.2) is 6.04 Å². The first-order valence-electron chi connectivity index (χ1n) is 7.82. The average Bonchev–Trinajstić information content (AvgIpc) is 3.21. The monoisotopic (exact) mass is 323 g/mol. The predicted octanol–water partition coefficient (Wildman–Crippen LogP) is 1.59. The fourth-order valence-electron chi connectivity index (χ4n) is 2.97. The summed E-state index contributed by atoms with van der Waals surface area (Å²) >= 11 is 0. The molecule has 3 heterocycles. The molecule has 0 saturated carbocycles. The maximum atomic E-state index is 11.3. The van der Waals surface area contributed by atoms with Gasteiger partial charge in [0.25, 0.3) is 0 Å². The van der Waals surface area contributed by atoms with Crippen LogP contribution in [-0.2, 0) is 17.8 Å². The van der Waals surface area contributed by atoms with Crippen LogP contribution in [0.25, 0.3) is 11.4 Å². The Labute approximate surface area is 138 Å². The summed E-state index contributed by atoms with van der Waals surface area (Å²) in [6.45, 7) is 1.30. The SMILES string of the molecule is O=C(O)[C@H]1NCCc2[nH]c(-c3cnn(Cc4ccccc4)c3)nc21. The topological polar surface area (TPSA) is 95.8 Å². The Morgan fingerprint density at radius 2 is 2.17 bits per heavy atom. The lowest BCUT2D eigenvalue weighted by Gasteiger charge is -2.18. The molecule has 0 amide bonds. The second-order valence-electron chi connectivity index (χ2n) is 5.84. The standard InChI is InChI=1S/C17H17N5O2/c23-17(24)15-14-13(6-7-18-15)20-16(21-14)12-8-19-22(10-12)9-11-4-2-1-3-5-11/h1-5,8,10,15,18H,6-7,9H2,(H,20,21)(H,23,24)/t15-/m0/s1. The van der Waals surface area contributed by atoms with Crippen molar-refractivity contribution in [3.05, 3.63) is 59.7 Å². The molecule has 1 aromatic carbocycles. The highest BCUT2D eigenvalue weighted by atomic mass is 16.4. The Bertz CT molecular complexity index is 868. The first kappa shape index (κ1) is 14.6. The van der Waals surface area contributed by atoms with Crippen LogP contribution in [0, 0.1) is 0 Å². The molecular weight excluding hydrogens is 306 g/mol. The minimum Gasteiger partial charge on any atom is -0.480 e. The van der Waals surface area contributed by atoms with E-state index in [0.717, 1.165) is 17.7 Å². The van der Waals surface area contributed by atoms with Gasteiger partial charge in [0.1, 0.15) is 5.82 Å². The highest BCUT2D eigenvalue weighted by Gasteiger charge is 2.29. The molecule has 0 fully saturated rings. The molecule has 3 aromatic rings. The van der Waals surface area contributed by atoms with Gasteiger partial charge in [-0.2, -0.15) is 5.10 Å². The maximum absolute atomic E-state index is 11.3. The van der Waals surface area contributed by atoms with Crippen molar-refractivity contribution in [1.82, 2.24) is 25.1 Å². The second kappa shape index (κ2) is 5.93. The van der Waals surface area contributed by atoms with Gasteiger partial charge in [0.05, 0.1) is 24.0 Å². The number of benzene rings is 1. The van der Waals surface area contributed by atoms with E-state index in [1.54, 1.807) is 6.20 Å². The quantitative estimate of drug-likeness (QED) is 0.678. The van der Waals surface area contributed by atoms with E-state index in [4.69, 9.17) is 0 Å². The van der Waals surface area contributed by atoms with Gasteiger partial charge in [0.2, 0.25) is 0 Å². The highest BCUT2D eigenvalue weighted by Crippen LogP contribution is 2.25. The van der Waals surface area contributed by atoms with Crippen LogP contribution in [-0.4, -0.2) is 37.4 Å². The maximum Gasteiger partial charge on any atom is 0.327 e. The van der Waals surface area contributed by atoms with Gasteiger partial charge in [-0.25, -0.2) is 4.98 Å². The summed E-state index contributed by atoms with van der Waals surface area (Å²) in [5.74, 6) is -0.247. The summed E-state index contributed by atoms with van der Waals surface area (Å²) in [5, 5.41) is 16.6. The van der Waals surface area contributed by atoms with Crippen LogP contribution in [0.15, 0.2) is 42.7 Å². The Hall–Kier alpha value is -2.93. The van der Waals surface area contributed by atoms with Gasteiger partial charge in [0, 0.05) is 24.9 Å². The van der Waals surface area contributed by atoms with Gasteiger partial charge in [-0.05, 0) is 5.56 Å². The average molecular weight is 323 g/mol. The molecule has 7 heteroatoms. The first-order valence-corrected chi connectivity index (χ1v) is 7.82. The van der Waals surface area contributed by atoms with Gasteiger partial charge in [-0.3, -0.25) is 14.8 Å². The van der Waals surface area contributed by atoms with Crippen molar-refractivity contribution >= 4 is 5.97 Å². The third-order valence-corrected chi connectivity index (χ3v) is 4.15. The molecule has 0 radical (unpaired) electrons.